The first-order valence-electron chi connectivity index (χ1n) is 10.9. The Morgan fingerprint density at radius 3 is 2.44 bits per heavy atom. The number of benzene rings is 1. The van der Waals surface area contributed by atoms with Crippen molar-refractivity contribution in [2.24, 2.45) is 5.92 Å². The summed E-state index contributed by atoms with van der Waals surface area (Å²) in [5.41, 5.74) is 3.29. The first-order valence-corrected chi connectivity index (χ1v) is 10.9. The van der Waals surface area contributed by atoms with Gasteiger partial charge in [-0.3, -0.25) is 4.79 Å². The third kappa shape index (κ3) is 5.78. The van der Waals surface area contributed by atoms with E-state index in [0.29, 0.717) is 5.92 Å². The van der Waals surface area contributed by atoms with E-state index < -0.39 is 17.9 Å². The van der Waals surface area contributed by atoms with Crippen LogP contribution >= 0.6 is 0 Å². The summed E-state index contributed by atoms with van der Waals surface area (Å²) in [7, 11) is 1.38. The number of aromatic nitrogens is 1. The Kier molecular flexibility index (Phi) is 8.63. The van der Waals surface area contributed by atoms with Gasteiger partial charge in [-0.1, -0.05) is 44.0 Å². The molecular weight excluding hydrogens is 408 g/mol. The molecule has 4 atom stereocenters. The van der Waals surface area contributed by atoms with Crippen LogP contribution in [0.1, 0.15) is 67.2 Å². The van der Waals surface area contributed by atoms with E-state index in [0.717, 1.165) is 12.0 Å². The second-order valence-corrected chi connectivity index (χ2v) is 8.32. The zero-order chi connectivity index (χ0) is 24.0. The van der Waals surface area contributed by atoms with Crippen molar-refractivity contribution >= 4 is 11.9 Å². The topological polar surface area (TPSA) is 97.8 Å². The number of nitrogens with one attached hydrogen (secondary N) is 1. The Balaban J connectivity index is 2.14. The highest BCUT2D eigenvalue weighted by Crippen LogP contribution is 2.34. The number of aryl methyl sites for hydroxylation is 2. The van der Waals surface area contributed by atoms with Gasteiger partial charge in [-0.15, -0.1) is 0 Å². The second kappa shape index (κ2) is 11.0. The molecule has 7 nitrogen and oxygen atoms in total. The van der Waals surface area contributed by atoms with Crippen molar-refractivity contribution in [2.45, 2.75) is 66.0 Å². The maximum Gasteiger partial charge on any atom is 0.328 e. The molecule has 1 aromatic carbocycles. The van der Waals surface area contributed by atoms with Crippen LogP contribution < -0.4 is 10.1 Å². The number of methoxy groups -OCH3 is 1. The van der Waals surface area contributed by atoms with Gasteiger partial charge in [0.25, 0.3) is 5.91 Å². The van der Waals surface area contributed by atoms with E-state index in [9.17, 15) is 14.7 Å². The Bertz CT molecular complexity index is 959. The van der Waals surface area contributed by atoms with E-state index in [2.05, 4.69) is 56.2 Å². The third-order valence-corrected chi connectivity index (χ3v) is 5.87. The molecule has 0 bridgehead atoms. The molecule has 32 heavy (non-hydrogen) atoms. The molecule has 1 unspecified atom stereocenters. The summed E-state index contributed by atoms with van der Waals surface area (Å²) in [6.07, 6.45) is 1.90. The summed E-state index contributed by atoms with van der Waals surface area (Å²) in [5.74, 6) is -1.18. The predicted molar refractivity (Wildman–Crippen MR) is 123 cm³/mol. The van der Waals surface area contributed by atoms with Gasteiger partial charge in [0.2, 0.25) is 0 Å². The average Bonchev–Trinajstić information content (AvgIpc) is 2.75. The van der Waals surface area contributed by atoms with Gasteiger partial charge >= 0.3 is 5.97 Å². The van der Waals surface area contributed by atoms with Gasteiger partial charge in [0.1, 0.15) is 12.1 Å². The molecule has 174 valence electrons. The number of nitrogens with zero attached hydrogens (tertiary/aromatic N) is 1. The van der Waals surface area contributed by atoms with Crippen LogP contribution in [0.4, 0.5) is 0 Å². The third-order valence-electron chi connectivity index (χ3n) is 5.87. The normalized spacial score (nSPS) is 14.7. The van der Waals surface area contributed by atoms with Gasteiger partial charge in [-0.05, 0) is 44.7 Å². The van der Waals surface area contributed by atoms with Gasteiger partial charge in [0, 0.05) is 18.2 Å². The lowest BCUT2D eigenvalue weighted by atomic mass is 9.80. The number of amides is 1. The van der Waals surface area contributed by atoms with Gasteiger partial charge < -0.3 is 19.9 Å². The molecular formula is C25H34N2O5. The minimum absolute atomic E-state index is 0.0246. The predicted octanol–water partition coefficient (Wildman–Crippen LogP) is 4.29. The lowest BCUT2D eigenvalue weighted by Crippen LogP contribution is -2.42. The van der Waals surface area contributed by atoms with E-state index in [1.807, 2.05) is 6.92 Å². The SMILES string of the molecule is CCC(C)[C@H](c1ccc(C)cc1C)[C@H](C)OC(=O)[C@H](C)NC(=O)c1nccc(OC)c1O. The molecule has 0 aliphatic rings. The van der Waals surface area contributed by atoms with Crippen molar-refractivity contribution in [3.8, 4) is 11.5 Å². The van der Waals surface area contributed by atoms with Crippen LogP contribution in [0, 0.1) is 19.8 Å². The minimum Gasteiger partial charge on any atom is -0.503 e. The van der Waals surface area contributed by atoms with E-state index >= 15 is 0 Å². The fraction of sp³-hybridized carbons (Fsp3) is 0.480. The summed E-state index contributed by atoms with van der Waals surface area (Å²) in [6.45, 7) is 11.8. The van der Waals surface area contributed by atoms with E-state index in [1.165, 1.54) is 30.5 Å². The number of hydrogen-bond acceptors (Lipinski definition) is 6. The number of aromatic hydroxyl groups is 1. The zero-order valence-corrected chi connectivity index (χ0v) is 19.9. The second-order valence-electron chi connectivity index (χ2n) is 8.32. The molecule has 0 radical (unpaired) electrons. The minimum atomic E-state index is -0.922. The van der Waals surface area contributed by atoms with Crippen molar-refractivity contribution in [1.82, 2.24) is 10.3 Å². The molecule has 7 heteroatoms. The molecule has 0 aliphatic carbocycles. The number of carbonyl (C=O) groups is 2. The van der Waals surface area contributed by atoms with E-state index in [-0.39, 0.29) is 29.2 Å². The molecule has 1 aromatic heterocycles. The molecule has 0 aliphatic heterocycles. The van der Waals surface area contributed by atoms with Crippen LogP contribution in [0.25, 0.3) is 0 Å². The molecule has 1 heterocycles. The fourth-order valence-corrected chi connectivity index (χ4v) is 3.93. The van der Waals surface area contributed by atoms with Crippen LogP contribution in [0.2, 0.25) is 0 Å². The molecule has 2 rings (SSSR count). The molecule has 1 amide bonds. The van der Waals surface area contributed by atoms with Gasteiger partial charge in [-0.25, -0.2) is 9.78 Å². The Hall–Kier alpha value is -3.09. The van der Waals surface area contributed by atoms with Crippen LogP contribution in [-0.2, 0) is 9.53 Å². The highest BCUT2D eigenvalue weighted by Gasteiger charge is 2.30. The number of ether oxygens (including phenoxy) is 2. The van der Waals surface area contributed by atoms with Crippen LogP contribution in [0.5, 0.6) is 11.5 Å². The standard InChI is InChI=1S/C25H34N2O5/c1-8-15(3)21(19-10-9-14(2)13-16(19)4)18(6)32-25(30)17(5)27-24(29)22-23(28)20(31-7)11-12-26-22/h9-13,15,17-18,21,28H,8H2,1-7H3,(H,27,29)/t15?,17-,18-,21-/m0/s1. The maximum atomic E-state index is 12.8. The summed E-state index contributed by atoms with van der Waals surface area (Å²) < 4.78 is 10.8. The van der Waals surface area contributed by atoms with Crippen LogP contribution in [0.3, 0.4) is 0 Å². The first kappa shape index (κ1) is 25.2. The quantitative estimate of drug-likeness (QED) is 0.562. The highest BCUT2D eigenvalue weighted by atomic mass is 16.5. The average molecular weight is 443 g/mol. The summed E-state index contributed by atoms with van der Waals surface area (Å²) in [4.78, 5) is 29.2. The van der Waals surface area contributed by atoms with Crippen LogP contribution in [0.15, 0.2) is 30.5 Å². The first-order chi connectivity index (χ1) is 15.1. The smallest absolute Gasteiger partial charge is 0.328 e. The molecule has 0 fully saturated rings. The number of carbonyl (C=O) groups excluding carboxylic acids is 2. The number of hydrogen-bond donors (Lipinski definition) is 2. The molecule has 0 saturated heterocycles. The molecule has 2 N–H and O–H groups in total. The van der Waals surface area contributed by atoms with Gasteiger partial charge in [0.15, 0.2) is 17.2 Å². The maximum absolute atomic E-state index is 12.8. The molecule has 0 spiro atoms. The lowest BCUT2D eigenvalue weighted by molar-refractivity contribution is -0.151. The molecule has 2 aromatic rings. The van der Waals surface area contributed by atoms with Crippen molar-refractivity contribution in [1.29, 1.82) is 0 Å². The Morgan fingerprint density at radius 2 is 1.84 bits per heavy atom. The van der Waals surface area contributed by atoms with Crippen molar-refractivity contribution in [3.05, 3.63) is 52.8 Å². The molecule has 0 saturated carbocycles. The summed E-state index contributed by atoms with van der Waals surface area (Å²) in [5, 5.41) is 12.7. The highest BCUT2D eigenvalue weighted by molar-refractivity contribution is 5.97. The summed E-state index contributed by atoms with van der Waals surface area (Å²) in [6, 6.07) is 6.83. The lowest BCUT2D eigenvalue weighted by Gasteiger charge is -2.31. The fourth-order valence-electron chi connectivity index (χ4n) is 3.93. The largest absolute Gasteiger partial charge is 0.503 e. The number of rotatable bonds is 9. The van der Waals surface area contributed by atoms with E-state index in [4.69, 9.17) is 9.47 Å². The van der Waals surface area contributed by atoms with Gasteiger partial charge in [-0.2, -0.15) is 0 Å². The Labute approximate surface area is 190 Å². The monoisotopic (exact) mass is 442 g/mol. The van der Waals surface area contributed by atoms with Crippen LogP contribution in [-0.4, -0.2) is 41.2 Å². The zero-order valence-electron chi connectivity index (χ0n) is 19.9. The number of pyridine rings is 1. The Morgan fingerprint density at radius 1 is 1.16 bits per heavy atom. The van der Waals surface area contributed by atoms with Gasteiger partial charge in [0.05, 0.1) is 7.11 Å². The van der Waals surface area contributed by atoms with Crippen molar-refractivity contribution in [3.63, 3.8) is 0 Å². The van der Waals surface area contributed by atoms with Crippen molar-refractivity contribution in [2.75, 3.05) is 7.11 Å². The summed E-state index contributed by atoms with van der Waals surface area (Å²) >= 11 is 0. The van der Waals surface area contributed by atoms with E-state index in [1.54, 1.807) is 6.92 Å². The van der Waals surface area contributed by atoms with Crippen molar-refractivity contribution < 1.29 is 24.2 Å². The number of esters is 1.